The predicted octanol–water partition coefficient (Wildman–Crippen LogP) is 3.70. The lowest BCUT2D eigenvalue weighted by Gasteiger charge is -2.09. The third kappa shape index (κ3) is 2.28. The van der Waals surface area contributed by atoms with Gasteiger partial charge in [0.2, 0.25) is 0 Å². The van der Waals surface area contributed by atoms with Crippen molar-refractivity contribution in [2.75, 3.05) is 0 Å². The van der Waals surface area contributed by atoms with Crippen LogP contribution in [0.15, 0.2) is 12.1 Å². The van der Waals surface area contributed by atoms with Gasteiger partial charge in [-0.05, 0) is 11.6 Å². The number of carboxylic acid groups (broad SMARTS) is 1. The number of carbonyl (C=O) groups is 1. The number of carboxylic acids is 1. The fourth-order valence-corrected chi connectivity index (χ4v) is 1.83. The number of aliphatic carboxylic acids is 1. The molecule has 0 saturated heterocycles. The summed E-state index contributed by atoms with van der Waals surface area (Å²) in [5, 5.41) is 8.26. The van der Waals surface area contributed by atoms with E-state index in [2.05, 4.69) is 12.6 Å². The van der Waals surface area contributed by atoms with Crippen molar-refractivity contribution in [2.24, 2.45) is 0 Å². The van der Waals surface area contributed by atoms with Crippen LogP contribution >= 0.6 is 47.4 Å². The van der Waals surface area contributed by atoms with E-state index in [0.29, 0.717) is 5.56 Å². The van der Waals surface area contributed by atoms with Crippen LogP contribution in [0.5, 0.6) is 0 Å². The summed E-state index contributed by atoms with van der Waals surface area (Å²) in [6.45, 7) is 0. The Hall–Kier alpha value is -0.0900. The molecule has 1 aromatic carbocycles. The van der Waals surface area contributed by atoms with Gasteiger partial charge in [0.1, 0.15) is 5.25 Å². The standard InChI is InChI=1S/C8H5Cl3O2S/c9-4-2-1-3(5(10)6(4)11)7(14)8(12)13/h1-2,7,14H,(H,12,13). The molecule has 0 spiro atoms. The van der Waals surface area contributed by atoms with Crippen LogP contribution in [0.2, 0.25) is 15.1 Å². The van der Waals surface area contributed by atoms with Crippen molar-refractivity contribution in [3.63, 3.8) is 0 Å². The number of thiol groups is 1. The van der Waals surface area contributed by atoms with Gasteiger partial charge in [0.05, 0.1) is 15.1 Å². The second kappa shape index (κ2) is 4.62. The molecule has 0 saturated carbocycles. The molecule has 1 atom stereocenters. The molecule has 0 heterocycles. The lowest BCUT2D eigenvalue weighted by molar-refractivity contribution is -0.136. The fraction of sp³-hybridized carbons (Fsp3) is 0.125. The summed E-state index contributed by atoms with van der Waals surface area (Å²) in [5.41, 5.74) is 0.330. The molecule has 76 valence electrons. The van der Waals surface area contributed by atoms with Gasteiger partial charge in [-0.1, -0.05) is 40.9 Å². The lowest BCUT2D eigenvalue weighted by Crippen LogP contribution is -2.05. The Kier molecular flexibility index (Phi) is 3.95. The van der Waals surface area contributed by atoms with Crippen molar-refractivity contribution >= 4 is 53.4 Å². The van der Waals surface area contributed by atoms with Gasteiger partial charge in [-0.3, -0.25) is 4.79 Å². The van der Waals surface area contributed by atoms with Crippen molar-refractivity contribution in [1.29, 1.82) is 0 Å². The van der Waals surface area contributed by atoms with Crippen LogP contribution in [-0.2, 0) is 4.79 Å². The molecule has 1 rings (SSSR count). The highest BCUT2D eigenvalue weighted by molar-refractivity contribution is 7.81. The van der Waals surface area contributed by atoms with E-state index in [1.807, 2.05) is 0 Å². The summed E-state index contributed by atoms with van der Waals surface area (Å²) in [6, 6.07) is 2.97. The molecule has 2 nitrogen and oxygen atoms in total. The maximum absolute atomic E-state index is 10.6. The first-order valence-corrected chi connectivity index (χ1v) is 5.14. The van der Waals surface area contributed by atoms with Crippen molar-refractivity contribution < 1.29 is 9.90 Å². The molecular formula is C8H5Cl3O2S. The normalized spacial score (nSPS) is 12.6. The molecule has 0 aromatic heterocycles. The quantitative estimate of drug-likeness (QED) is 0.636. The largest absolute Gasteiger partial charge is 0.480 e. The zero-order valence-electron chi connectivity index (χ0n) is 6.67. The van der Waals surface area contributed by atoms with Crippen LogP contribution in [0.1, 0.15) is 10.8 Å². The molecule has 0 fully saturated rings. The molecule has 0 bridgehead atoms. The third-order valence-corrected chi connectivity index (χ3v) is 3.40. The molecule has 0 amide bonds. The average molecular weight is 272 g/mol. The number of hydrogen-bond donors (Lipinski definition) is 2. The van der Waals surface area contributed by atoms with Gasteiger partial charge in [0, 0.05) is 0 Å². The van der Waals surface area contributed by atoms with Crippen LogP contribution in [0.3, 0.4) is 0 Å². The highest BCUT2D eigenvalue weighted by Gasteiger charge is 2.20. The molecule has 0 radical (unpaired) electrons. The average Bonchev–Trinajstić information content (AvgIpc) is 2.13. The van der Waals surface area contributed by atoms with E-state index in [9.17, 15) is 4.79 Å². The van der Waals surface area contributed by atoms with Gasteiger partial charge in [0.25, 0.3) is 0 Å². The van der Waals surface area contributed by atoms with E-state index >= 15 is 0 Å². The van der Waals surface area contributed by atoms with Crippen LogP contribution in [0.4, 0.5) is 0 Å². The summed E-state index contributed by atoms with van der Waals surface area (Å²) >= 11 is 21.1. The molecule has 0 aliphatic carbocycles. The predicted molar refractivity (Wildman–Crippen MR) is 60.8 cm³/mol. The zero-order valence-corrected chi connectivity index (χ0v) is 9.83. The molecule has 1 unspecified atom stereocenters. The Labute approximate surface area is 101 Å². The van der Waals surface area contributed by atoms with Gasteiger partial charge < -0.3 is 5.11 Å². The van der Waals surface area contributed by atoms with Gasteiger partial charge in [-0.2, -0.15) is 12.6 Å². The maximum atomic E-state index is 10.6. The van der Waals surface area contributed by atoms with Crippen molar-refractivity contribution in [1.82, 2.24) is 0 Å². The van der Waals surface area contributed by atoms with E-state index in [4.69, 9.17) is 39.9 Å². The van der Waals surface area contributed by atoms with E-state index in [-0.39, 0.29) is 15.1 Å². The number of halogens is 3. The van der Waals surface area contributed by atoms with Gasteiger partial charge in [0.15, 0.2) is 0 Å². The number of rotatable bonds is 2. The van der Waals surface area contributed by atoms with Gasteiger partial charge in [-0.25, -0.2) is 0 Å². The minimum atomic E-state index is -1.09. The molecule has 14 heavy (non-hydrogen) atoms. The van der Waals surface area contributed by atoms with Crippen molar-refractivity contribution in [2.45, 2.75) is 5.25 Å². The highest BCUT2D eigenvalue weighted by atomic mass is 35.5. The van der Waals surface area contributed by atoms with Gasteiger partial charge >= 0.3 is 5.97 Å². The molecule has 6 heteroatoms. The Morgan fingerprint density at radius 2 is 1.86 bits per heavy atom. The zero-order chi connectivity index (χ0) is 10.9. The first-order valence-electron chi connectivity index (χ1n) is 3.49. The first kappa shape index (κ1) is 12.0. The smallest absolute Gasteiger partial charge is 0.320 e. The van der Waals surface area contributed by atoms with Crippen molar-refractivity contribution in [3.8, 4) is 0 Å². The van der Waals surface area contributed by atoms with Crippen LogP contribution in [0, 0.1) is 0 Å². The SMILES string of the molecule is O=C(O)C(S)c1ccc(Cl)c(Cl)c1Cl. The maximum Gasteiger partial charge on any atom is 0.320 e. The van der Waals surface area contributed by atoms with Gasteiger partial charge in [-0.15, -0.1) is 0 Å². The van der Waals surface area contributed by atoms with Crippen LogP contribution < -0.4 is 0 Å². The summed E-state index contributed by atoms with van der Waals surface area (Å²) in [7, 11) is 0. The van der Waals surface area contributed by atoms with E-state index < -0.39 is 11.2 Å². The highest BCUT2D eigenvalue weighted by Crippen LogP contribution is 2.37. The minimum absolute atomic E-state index is 0.126. The Bertz CT molecular complexity index is 381. The van der Waals surface area contributed by atoms with Crippen LogP contribution in [0.25, 0.3) is 0 Å². The van der Waals surface area contributed by atoms with E-state index in [0.717, 1.165) is 0 Å². The number of benzene rings is 1. The molecular weight excluding hydrogens is 267 g/mol. The minimum Gasteiger partial charge on any atom is -0.480 e. The second-order valence-electron chi connectivity index (χ2n) is 2.51. The Morgan fingerprint density at radius 3 is 2.36 bits per heavy atom. The van der Waals surface area contributed by atoms with E-state index in [1.165, 1.54) is 12.1 Å². The van der Waals surface area contributed by atoms with Crippen LogP contribution in [-0.4, -0.2) is 11.1 Å². The second-order valence-corrected chi connectivity index (χ2v) is 4.18. The topological polar surface area (TPSA) is 37.3 Å². The summed E-state index contributed by atoms with van der Waals surface area (Å²) < 4.78 is 0. The fourth-order valence-electron chi connectivity index (χ4n) is 0.885. The monoisotopic (exact) mass is 270 g/mol. The van der Waals surface area contributed by atoms with Crippen molar-refractivity contribution in [3.05, 3.63) is 32.8 Å². The first-order chi connectivity index (χ1) is 6.45. The summed E-state index contributed by atoms with van der Waals surface area (Å²) in [4.78, 5) is 10.6. The molecule has 1 N–H and O–H groups in total. The third-order valence-electron chi connectivity index (χ3n) is 1.59. The molecule has 0 aliphatic rings. The lowest BCUT2D eigenvalue weighted by atomic mass is 10.1. The molecule has 1 aromatic rings. The van der Waals surface area contributed by atoms with E-state index in [1.54, 1.807) is 0 Å². The molecule has 0 aliphatic heterocycles. The summed E-state index contributed by atoms with van der Waals surface area (Å²) in [6.07, 6.45) is 0. The number of hydrogen-bond acceptors (Lipinski definition) is 2. The Morgan fingerprint density at radius 1 is 1.29 bits per heavy atom. The Balaban J connectivity index is 3.24. The summed E-state index contributed by atoms with van der Waals surface area (Å²) in [5.74, 6) is -1.09.